The second kappa shape index (κ2) is 12.6. The van der Waals surface area contributed by atoms with Crippen molar-refractivity contribution in [1.29, 1.82) is 0 Å². The van der Waals surface area contributed by atoms with Gasteiger partial charge in [-0.25, -0.2) is 9.59 Å². The standard InChI is InChI=1S/C21H28Br4O7/c1-6-21(5,7-8-26)31-10-20(3,4)32-19(29)13-12(18(28)30-9-11(2)27)14(22)16(24)17(25)15(13)23/h11,26-27H,6-10H2,1-5H3. The number of halogens is 4. The fourth-order valence-electron chi connectivity index (χ4n) is 2.55. The van der Waals surface area contributed by atoms with Crippen LogP contribution in [-0.4, -0.2) is 59.3 Å². The molecule has 7 nitrogen and oxygen atoms in total. The SMILES string of the molecule is CCC(C)(CCO)OCC(C)(C)OC(=O)c1c(Br)c(Br)c(Br)c(Br)c1C(=O)OCC(C)O. The fourth-order valence-corrected chi connectivity index (χ4v) is 4.99. The van der Waals surface area contributed by atoms with Crippen LogP contribution in [0.4, 0.5) is 0 Å². The topological polar surface area (TPSA) is 102 Å². The predicted molar refractivity (Wildman–Crippen MR) is 135 cm³/mol. The Morgan fingerprint density at radius 2 is 1.47 bits per heavy atom. The minimum Gasteiger partial charge on any atom is -0.459 e. The van der Waals surface area contributed by atoms with Gasteiger partial charge in [0.1, 0.15) is 12.2 Å². The Kier molecular flexibility index (Phi) is 11.8. The molecule has 0 aliphatic rings. The average Bonchev–Trinajstić information content (AvgIpc) is 2.71. The third-order valence-electron chi connectivity index (χ3n) is 4.66. The van der Waals surface area contributed by atoms with Crippen LogP contribution in [-0.2, 0) is 14.2 Å². The third kappa shape index (κ3) is 8.02. The first-order chi connectivity index (χ1) is 14.7. The first-order valence-corrected chi connectivity index (χ1v) is 13.1. The van der Waals surface area contributed by atoms with Crippen LogP contribution < -0.4 is 0 Å². The molecular formula is C21H28Br4O7. The molecule has 11 heteroatoms. The first kappa shape index (κ1) is 30.0. The molecule has 0 amide bonds. The Hall–Kier alpha value is -0.0400. The lowest BCUT2D eigenvalue weighted by molar-refractivity contribution is -0.113. The van der Waals surface area contributed by atoms with Crippen molar-refractivity contribution in [2.45, 2.75) is 64.8 Å². The predicted octanol–water partition coefficient (Wildman–Crippen LogP) is 5.78. The van der Waals surface area contributed by atoms with Crippen molar-refractivity contribution in [2.24, 2.45) is 0 Å². The second-order valence-electron chi connectivity index (χ2n) is 8.17. The molecule has 0 aromatic heterocycles. The van der Waals surface area contributed by atoms with Gasteiger partial charge >= 0.3 is 11.9 Å². The van der Waals surface area contributed by atoms with E-state index in [1.54, 1.807) is 13.8 Å². The van der Waals surface area contributed by atoms with Crippen molar-refractivity contribution in [3.63, 3.8) is 0 Å². The molecule has 32 heavy (non-hydrogen) atoms. The van der Waals surface area contributed by atoms with Gasteiger partial charge in [-0.3, -0.25) is 0 Å². The van der Waals surface area contributed by atoms with Gasteiger partial charge in [-0.2, -0.15) is 0 Å². The zero-order chi connectivity index (χ0) is 24.9. The molecule has 1 aromatic rings. The average molecular weight is 712 g/mol. The number of carbonyl (C=O) groups is 2. The highest BCUT2D eigenvalue weighted by Crippen LogP contribution is 2.43. The maximum absolute atomic E-state index is 13.2. The number of aliphatic hydroxyl groups excluding tert-OH is 2. The molecule has 0 saturated heterocycles. The van der Waals surface area contributed by atoms with Gasteiger partial charge in [0.2, 0.25) is 0 Å². The number of benzene rings is 1. The summed E-state index contributed by atoms with van der Waals surface area (Å²) in [5.74, 6) is -1.56. The normalized spacial score (nSPS) is 14.6. The number of ether oxygens (including phenoxy) is 3. The van der Waals surface area contributed by atoms with E-state index in [0.717, 1.165) is 0 Å². The van der Waals surface area contributed by atoms with Gasteiger partial charge in [0.05, 0.1) is 29.4 Å². The van der Waals surface area contributed by atoms with Crippen LogP contribution in [0.15, 0.2) is 17.9 Å². The lowest BCUT2D eigenvalue weighted by Gasteiger charge is -2.33. The molecule has 182 valence electrons. The zero-order valence-corrected chi connectivity index (χ0v) is 24.9. The Labute approximate surface area is 222 Å². The maximum atomic E-state index is 13.2. The van der Waals surface area contributed by atoms with Gasteiger partial charge in [0, 0.05) is 24.5 Å². The number of rotatable bonds is 11. The van der Waals surface area contributed by atoms with Crippen molar-refractivity contribution in [3.05, 3.63) is 29.0 Å². The van der Waals surface area contributed by atoms with Crippen molar-refractivity contribution < 1.29 is 34.0 Å². The summed E-state index contributed by atoms with van der Waals surface area (Å²) >= 11 is 13.5. The van der Waals surface area contributed by atoms with Gasteiger partial charge in [-0.15, -0.1) is 0 Å². The second-order valence-corrected chi connectivity index (χ2v) is 11.3. The maximum Gasteiger partial charge on any atom is 0.340 e. The minimum absolute atomic E-state index is 0.0175. The molecule has 0 radical (unpaired) electrons. The largest absolute Gasteiger partial charge is 0.459 e. The molecule has 0 aliphatic carbocycles. The molecule has 0 spiro atoms. The lowest BCUT2D eigenvalue weighted by atomic mass is 9.99. The van der Waals surface area contributed by atoms with E-state index in [9.17, 15) is 19.8 Å². The Morgan fingerprint density at radius 3 is 1.91 bits per heavy atom. The number of aliphatic hydroxyl groups is 2. The van der Waals surface area contributed by atoms with Gasteiger partial charge in [0.15, 0.2) is 0 Å². The summed E-state index contributed by atoms with van der Waals surface area (Å²) in [6.45, 7) is 8.55. The van der Waals surface area contributed by atoms with Crippen molar-refractivity contribution in [3.8, 4) is 0 Å². The quantitative estimate of drug-likeness (QED) is 0.171. The minimum atomic E-state index is -1.03. The summed E-state index contributed by atoms with van der Waals surface area (Å²) in [6, 6.07) is 0. The Morgan fingerprint density at radius 1 is 0.969 bits per heavy atom. The van der Waals surface area contributed by atoms with E-state index in [2.05, 4.69) is 63.7 Å². The van der Waals surface area contributed by atoms with Crippen LogP contribution in [0.25, 0.3) is 0 Å². The van der Waals surface area contributed by atoms with E-state index in [1.165, 1.54) is 6.92 Å². The first-order valence-electron chi connectivity index (χ1n) is 9.89. The number of hydrogen-bond donors (Lipinski definition) is 2. The van der Waals surface area contributed by atoms with Crippen LogP contribution >= 0.6 is 63.7 Å². The summed E-state index contributed by atoms with van der Waals surface area (Å²) < 4.78 is 18.4. The summed E-state index contributed by atoms with van der Waals surface area (Å²) in [7, 11) is 0. The molecule has 2 N–H and O–H groups in total. The van der Waals surface area contributed by atoms with Crippen LogP contribution in [0.3, 0.4) is 0 Å². The van der Waals surface area contributed by atoms with Gasteiger partial charge in [-0.05, 0) is 104 Å². The van der Waals surface area contributed by atoms with Crippen molar-refractivity contribution >= 4 is 75.7 Å². The molecule has 0 heterocycles. The molecule has 1 rings (SSSR count). The van der Waals surface area contributed by atoms with Crippen molar-refractivity contribution in [2.75, 3.05) is 19.8 Å². The van der Waals surface area contributed by atoms with E-state index in [-0.39, 0.29) is 30.9 Å². The summed E-state index contributed by atoms with van der Waals surface area (Å²) in [6.07, 6.45) is 0.262. The monoisotopic (exact) mass is 708 g/mol. The fraction of sp³-hybridized carbons (Fsp3) is 0.619. The smallest absolute Gasteiger partial charge is 0.340 e. The van der Waals surface area contributed by atoms with E-state index in [4.69, 9.17) is 14.2 Å². The van der Waals surface area contributed by atoms with Gasteiger partial charge < -0.3 is 24.4 Å². The van der Waals surface area contributed by atoms with Gasteiger partial charge in [-0.1, -0.05) is 6.92 Å². The van der Waals surface area contributed by atoms with Crippen LogP contribution in [0, 0.1) is 0 Å². The van der Waals surface area contributed by atoms with E-state index in [0.29, 0.717) is 30.7 Å². The van der Waals surface area contributed by atoms with Gasteiger partial charge in [0.25, 0.3) is 0 Å². The highest BCUT2D eigenvalue weighted by Gasteiger charge is 2.34. The Balaban J connectivity index is 3.27. The number of carbonyl (C=O) groups excluding carboxylic acids is 2. The van der Waals surface area contributed by atoms with E-state index < -0.39 is 29.2 Å². The van der Waals surface area contributed by atoms with Crippen molar-refractivity contribution in [1.82, 2.24) is 0 Å². The lowest BCUT2D eigenvalue weighted by Crippen LogP contribution is -2.40. The summed E-state index contributed by atoms with van der Waals surface area (Å²) in [5.41, 5.74) is -1.68. The highest BCUT2D eigenvalue weighted by molar-refractivity contribution is 9.15. The molecule has 1 aromatic carbocycles. The Bertz CT molecular complexity index is 842. The van der Waals surface area contributed by atoms with Crippen LogP contribution in [0.1, 0.15) is 68.2 Å². The van der Waals surface area contributed by atoms with Crippen LogP contribution in [0.2, 0.25) is 0 Å². The molecule has 2 atom stereocenters. The summed E-state index contributed by atoms with van der Waals surface area (Å²) in [4.78, 5) is 26.0. The molecule has 0 saturated carbocycles. The molecule has 0 aliphatic heterocycles. The molecule has 0 bridgehead atoms. The molecule has 2 unspecified atom stereocenters. The molecule has 0 fully saturated rings. The number of esters is 2. The van der Waals surface area contributed by atoms with E-state index in [1.807, 2.05) is 13.8 Å². The highest BCUT2D eigenvalue weighted by atomic mass is 79.9. The number of hydrogen-bond acceptors (Lipinski definition) is 7. The van der Waals surface area contributed by atoms with Crippen LogP contribution in [0.5, 0.6) is 0 Å². The molecular weight excluding hydrogens is 684 g/mol. The van der Waals surface area contributed by atoms with E-state index >= 15 is 0 Å². The third-order valence-corrected chi connectivity index (χ3v) is 9.42. The zero-order valence-electron chi connectivity index (χ0n) is 18.6. The summed E-state index contributed by atoms with van der Waals surface area (Å²) in [5, 5.41) is 18.7.